The standard InChI is InChI=1S/C72H139NO5/c1-3-5-7-9-11-13-15-17-19-38-42-46-50-54-58-62-66-72(77)78-67-63-59-55-51-47-43-39-36-34-32-30-28-26-24-22-20-21-23-25-27-29-31-33-35-37-41-45-49-53-57-61-65-71(76)73-69(68-74)70(75)64-60-56-52-48-44-40-18-16-14-12-10-8-6-4-2/h22,24,60,64,69-70,74-75H,3-21,23,25-59,61-63,65-68H2,1-2H3,(H,73,76)/b24-22-,64-60+. The van der Waals surface area contributed by atoms with Crippen LogP contribution in [0.3, 0.4) is 0 Å². The molecule has 0 spiro atoms. The zero-order valence-electron chi connectivity index (χ0n) is 52.9. The summed E-state index contributed by atoms with van der Waals surface area (Å²) >= 11 is 0. The Morgan fingerprint density at radius 3 is 0.910 bits per heavy atom. The van der Waals surface area contributed by atoms with E-state index in [1.54, 1.807) is 6.08 Å². The Kier molecular flexibility index (Phi) is 66.4. The molecular formula is C72H139NO5. The number of allylic oxidation sites excluding steroid dienone is 3. The van der Waals surface area contributed by atoms with Gasteiger partial charge in [-0.2, -0.15) is 0 Å². The van der Waals surface area contributed by atoms with E-state index in [4.69, 9.17) is 4.74 Å². The van der Waals surface area contributed by atoms with Gasteiger partial charge in [0.2, 0.25) is 5.91 Å². The number of carbonyl (C=O) groups excluding carboxylic acids is 2. The molecule has 462 valence electrons. The molecular weight excluding hydrogens is 959 g/mol. The van der Waals surface area contributed by atoms with Gasteiger partial charge in [-0.25, -0.2) is 0 Å². The molecule has 2 atom stereocenters. The summed E-state index contributed by atoms with van der Waals surface area (Å²) in [6.07, 6.45) is 85.5. The molecule has 2 unspecified atom stereocenters. The van der Waals surface area contributed by atoms with Crippen molar-refractivity contribution in [2.24, 2.45) is 0 Å². The number of hydrogen-bond donors (Lipinski definition) is 3. The predicted molar refractivity (Wildman–Crippen MR) is 343 cm³/mol. The molecule has 0 radical (unpaired) electrons. The van der Waals surface area contributed by atoms with Crippen molar-refractivity contribution >= 4 is 11.9 Å². The topological polar surface area (TPSA) is 95.9 Å². The number of unbranched alkanes of at least 4 members (excludes halogenated alkanes) is 54. The van der Waals surface area contributed by atoms with Crippen LogP contribution >= 0.6 is 0 Å². The minimum Gasteiger partial charge on any atom is -0.466 e. The predicted octanol–water partition coefficient (Wildman–Crippen LogP) is 22.9. The minimum atomic E-state index is -0.842. The first-order valence-corrected chi connectivity index (χ1v) is 35.6. The maximum absolute atomic E-state index is 12.5. The van der Waals surface area contributed by atoms with E-state index in [1.165, 1.54) is 334 Å². The summed E-state index contributed by atoms with van der Waals surface area (Å²) in [7, 11) is 0. The maximum Gasteiger partial charge on any atom is 0.305 e. The van der Waals surface area contributed by atoms with Gasteiger partial charge in [-0.3, -0.25) is 9.59 Å². The van der Waals surface area contributed by atoms with Gasteiger partial charge in [0, 0.05) is 12.8 Å². The number of carbonyl (C=O) groups is 2. The number of hydrogen-bond acceptors (Lipinski definition) is 5. The van der Waals surface area contributed by atoms with Crippen LogP contribution in [0.4, 0.5) is 0 Å². The monoisotopic (exact) mass is 1100 g/mol. The van der Waals surface area contributed by atoms with Crippen molar-refractivity contribution in [3.63, 3.8) is 0 Å². The van der Waals surface area contributed by atoms with E-state index in [0.717, 1.165) is 38.5 Å². The molecule has 0 saturated carbocycles. The van der Waals surface area contributed by atoms with Crippen molar-refractivity contribution < 1.29 is 24.5 Å². The summed E-state index contributed by atoms with van der Waals surface area (Å²) in [5.74, 6) is -0.0423. The molecule has 0 aromatic carbocycles. The molecule has 0 bridgehead atoms. The first kappa shape index (κ1) is 76.3. The summed E-state index contributed by atoms with van der Waals surface area (Å²) in [5, 5.41) is 23.1. The number of nitrogens with one attached hydrogen (secondary N) is 1. The largest absolute Gasteiger partial charge is 0.466 e. The summed E-state index contributed by atoms with van der Waals surface area (Å²) in [6.45, 7) is 4.94. The lowest BCUT2D eigenvalue weighted by atomic mass is 10.0. The van der Waals surface area contributed by atoms with Gasteiger partial charge >= 0.3 is 5.97 Å². The number of esters is 1. The highest BCUT2D eigenvalue weighted by molar-refractivity contribution is 5.76. The fourth-order valence-corrected chi connectivity index (χ4v) is 11.3. The molecule has 0 aromatic rings. The van der Waals surface area contributed by atoms with Crippen molar-refractivity contribution in [1.29, 1.82) is 0 Å². The number of ether oxygens (including phenoxy) is 1. The van der Waals surface area contributed by atoms with E-state index >= 15 is 0 Å². The molecule has 0 saturated heterocycles. The molecule has 1 amide bonds. The Hall–Kier alpha value is -1.66. The normalized spacial score (nSPS) is 12.6. The Balaban J connectivity index is 3.35. The summed E-state index contributed by atoms with van der Waals surface area (Å²) in [5.41, 5.74) is 0. The second-order valence-corrected chi connectivity index (χ2v) is 24.6. The summed E-state index contributed by atoms with van der Waals surface area (Å²) in [6, 6.07) is -0.625. The van der Waals surface area contributed by atoms with Gasteiger partial charge in [-0.15, -0.1) is 0 Å². The van der Waals surface area contributed by atoms with E-state index in [-0.39, 0.29) is 18.5 Å². The lowest BCUT2D eigenvalue weighted by molar-refractivity contribution is -0.143. The molecule has 0 rings (SSSR count). The van der Waals surface area contributed by atoms with Crippen LogP contribution < -0.4 is 5.32 Å². The number of amides is 1. The zero-order chi connectivity index (χ0) is 56.4. The van der Waals surface area contributed by atoms with Crippen LogP contribution in [0.15, 0.2) is 24.3 Å². The smallest absolute Gasteiger partial charge is 0.305 e. The van der Waals surface area contributed by atoms with Crippen LogP contribution in [-0.4, -0.2) is 47.4 Å². The third kappa shape index (κ3) is 63.5. The molecule has 0 aliphatic carbocycles. The highest BCUT2D eigenvalue weighted by atomic mass is 16.5. The van der Waals surface area contributed by atoms with Crippen LogP contribution in [0, 0.1) is 0 Å². The maximum atomic E-state index is 12.5. The Labute approximate surface area is 488 Å². The average molecular weight is 1100 g/mol. The van der Waals surface area contributed by atoms with Crippen LogP contribution in [0.2, 0.25) is 0 Å². The second-order valence-electron chi connectivity index (χ2n) is 24.6. The third-order valence-corrected chi connectivity index (χ3v) is 16.7. The Bertz CT molecular complexity index is 1220. The Morgan fingerprint density at radius 2 is 0.603 bits per heavy atom. The van der Waals surface area contributed by atoms with Gasteiger partial charge in [-0.05, 0) is 57.8 Å². The lowest BCUT2D eigenvalue weighted by Gasteiger charge is -2.20. The first-order valence-electron chi connectivity index (χ1n) is 35.6. The van der Waals surface area contributed by atoms with Crippen LogP contribution in [-0.2, 0) is 14.3 Å². The van der Waals surface area contributed by atoms with Crippen LogP contribution in [0.5, 0.6) is 0 Å². The number of rotatable bonds is 67. The molecule has 6 heteroatoms. The van der Waals surface area contributed by atoms with Gasteiger partial charge in [0.25, 0.3) is 0 Å². The van der Waals surface area contributed by atoms with Crippen LogP contribution in [0.25, 0.3) is 0 Å². The van der Waals surface area contributed by atoms with Gasteiger partial charge in [0.15, 0.2) is 0 Å². The lowest BCUT2D eigenvalue weighted by Crippen LogP contribution is -2.45. The van der Waals surface area contributed by atoms with E-state index < -0.39 is 12.1 Å². The second kappa shape index (κ2) is 67.8. The van der Waals surface area contributed by atoms with Gasteiger partial charge in [0.1, 0.15) is 0 Å². The van der Waals surface area contributed by atoms with Crippen molar-refractivity contribution in [3.05, 3.63) is 24.3 Å². The summed E-state index contributed by atoms with van der Waals surface area (Å²) in [4.78, 5) is 24.6. The molecule has 0 heterocycles. The SMILES string of the molecule is CCCCCCCCCCCCCC/C=C/C(O)C(CO)NC(=O)CCCCCCCCCCCCCCCCC/C=C\CCCCCCCCCCCCCCOC(=O)CCCCCCCCCCCCCCCCCC. The molecule has 6 nitrogen and oxygen atoms in total. The fourth-order valence-electron chi connectivity index (χ4n) is 11.3. The molecule has 3 N–H and O–H groups in total. The van der Waals surface area contributed by atoms with Crippen LogP contribution in [0.1, 0.15) is 399 Å². The zero-order valence-corrected chi connectivity index (χ0v) is 52.9. The van der Waals surface area contributed by atoms with Crippen molar-refractivity contribution in [1.82, 2.24) is 5.32 Å². The molecule has 0 aliphatic rings. The van der Waals surface area contributed by atoms with E-state index in [1.807, 2.05) is 6.08 Å². The quantitative estimate of drug-likeness (QED) is 0.0320. The van der Waals surface area contributed by atoms with Crippen molar-refractivity contribution in [2.75, 3.05) is 13.2 Å². The highest BCUT2D eigenvalue weighted by Gasteiger charge is 2.18. The van der Waals surface area contributed by atoms with Crippen molar-refractivity contribution in [2.45, 2.75) is 411 Å². The first-order chi connectivity index (χ1) is 38.5. The third-order valence-electron chi connectivity index (χ3n) is 16.7. The molecule has 0 fully saturated rings. The van der Waals surface area contributed by atoms with E-state index in [9.17, 15) is 19.8 Å². The molecule has 78 heavy (non-hydrogen) atoms. The molecule has 0 aliphatic heterocycles. The van der Waals surface area contributed by atoms with Gasteiger partial charge in [0.05, 0.1) is 25.4 Å². The molecule has 0 aromatic heterocycles. The number of aliphatic hydroxyl groups is 2. The van der Waals surface area contributed by atoms with Crippen molar-refractivity contribution in [3.8, 4) is 0 Å². The van der Waals surface area contributed by atoms with Gasteiger partial charge in [-0.1, -0.05) is 353 Å². The number of aliphatic hydroxyl groups excluding tert-OH is 2. The average Bonchev–Trinajstić information content (AvgIpc) is 3.44. The van der Waals surface area contributed by atoms with E-state index in [0.29, 0.717) is 19.4 Å². The fraction of sp³-hybridized carbons (Fsp3) is 0.917. The van der Waals surface area contributed by atoms with E-state index in [2.05, 4.69) is 31.3 Å². The Morgan fingerprint density at radius 1 is 0.346 bits per heavy atom. The highest BCUT2D eigenvalue weighted by Crippen LogP contribution is 2.19. The van der Waals surface area contributed by atoms with Gasteiger partial charge < -0.3 is 20.3 Å². The summed E-state index contributed by atoms with van der Waals surface area (Å²) < 4.78 is 5.50. The minimum absolute atomic E-state index is 0.0215.